The molecule has 8 nitrogen and oxygen atoms in total. The Balaban J connectivity index is 1.98. The number of nitrogens with one attached hydrogen (secondary N) is 3. The van der Waals surface area contributed by atoms with E-state index in [1.54, 1.807) is 18.3 Å². The molecule has 1 aromatic carbocycles. The van der Waals surface area contributed by atoms with Crippen LogP contribution in [0.3, 0.4) is 0 Å². The summed E-state index contributed by atoms with van der Waals surface area (Å²) >= 11 is 7.84. The molecule has 3 aromatic rings. The van der Waals surface area contributed by atoms with E-state index in [9.17, 15) is 4.79 Å². The normalized spacial score (nSPS) is 11.5. The minimum atomic E-state index is -0.812. The van der Waals surface area contributed by atoms with Gasteiger partial charge in [0.15, 0.2) is 5.82 Å². The van der Waals surface area contributed by atoms with Crippen molar-refractivity contribution in [3.63, 3.8) is 0 Å². The van der Waals surface area contributed by atoms with Crippen molar-refractivity contribution in [3.05, 3.63) is 40.2 Å². The van der Waals surface area contributed by atoms with E-state index in [-0.39, 0.29) is 23.1 Å². The van der Waals surface area contributed by atoms with E-state index in [0.717, 1.165) is 11.4 Å². The van der Waals surface area contributed by atoms with Crippen LogP contribution in [0.4, 0.5) is 16.0 Å². The molecular formula is C25H32ClFN6O2S. The lowest BCUT2D eigenvalue weighted by molar-refractivity contribution is -0.137. The van der Waals surface area contributed by atoms with E-state index in [1.165, 1.54) is 17.4 Å². The van der Waals surface area contributed by atoms with E-state index >= 15 is 4.39 Å². The Hall–Kier alpha value is -2.82. The Morgan fingerprint density at radius 1 is 1.19 bits per heavy atom. The average molecular weight is 535 g/mol. The van der Waals surface area contributed by atoms with Crippen LogP contribution in [0.5, 0.6) is 0 Å². The highest BCUT2D eigenvalue weighted by Crippen LogP contribution is 2.42. The zero-order chi connectivity index (χ0) is 26.3. The predicted molar refractivity (Wildman–Crippen MR) is 144 cm³/mol. The molecule has 0 saturated carbocycles. The highest BCUT2D eigenvalue weighted by Gasteiger charge is 2.26. The molecule has 0 bridgehead atoms. The van der Waals surface area contributed by atoms with E-state index in [1.807, 2.05) is 6.92 Å². The number of hydrazine groups is 1. The minimum absolute atomic E-state index is 0.123. The van der Waals surface area contributed by atoms with Crippen LogP contribution in [0.2, 0.25) is 5.02 Å². The maximum absolute atomic E-state index is 15.7. The van der Waals surface area contributed by atoms with Gasteiger partial charge in [-0.15, -0.1) is 11.3 Å². The number of rotatable bonds is 12. The first-order valence-corrected chi connectivity index (χ1v) is 13.1. The summed E-state index contributed by atoms with van der Waals surface area (Å²) in [7, 11) is 0. The number of hydrogen-bond acceptors (Lipinski definition) is 8. The first-order chi connectivity index (χ1) is 17.1. The summed E-state index contributed by atoms with van der Waals surface area (Å²) in [6.45, 7) is 9.40. The fourth-order valence-corrected chi connectivity index (χ4v) is 4.63. The SMILES string of the molecule is CCCNNc1cc(Cl)cc(-c2nc(C(C)(C)C)sc2-c2ccnc(NCCCCC(=O)O)n2)c1F. The Labute approximate surface area is 219 Å². The molecule has 2 aromatic heterocycles. The van der Waals surface area contributed by atoms with E-state index in [2.05, 4.69) is 46.9 Å². The molecule has 194 valence electrons. The summed E-state index contributed by atoms with van der Waals surface area (Å²) in [4.78, 5) is 25.2. The number of unbranched alkanes of at least 4 members (excludes halogenated alkanes) is 1. The number of carbonyl (C=O) groups is 1. The van der Waals surface area contributed by atoms with Crippen molar-refractivity contribution in [2.75, 3.05) is 23.8 Å². The largest absolute Gasteiger partial charge is 0.481 e. The average Bonchev–Trinajstić information content (AvgIpc) is 3.27. The predicted octanol–water partition coefficient (Wildman–Crippen LogP) is 6.35. The number of anilines is 2. The van der Waals surface area contributed by atoms with Gasteiger partial charge >= 0.3 is 5.97 Å². The molecule has 0 amide bonds. The van der Waals surface area contributed by atoms with Crippen molar-refractivity contribution in [2.45, 2.75) is 58.8 Å². The van der Waals surface area contributed by atoms with Crippen molar-refractivity contribution in [3.8, 4) is 21.8 Å². The zero-order valence-corrected chi connectivity index (χ0v) is 22.5. The van der Waals surface area contributed by atoms with Gasteiger partial charge in [0, 0.05) is 41.7 Å². The minimum Gasteiger partial charge on any atom is -0.481 e. The number of benzene rings is 1. The second kappa shape index (κ2) is 12.4. The number of aliphatic carboxylic acids is 1. The van der Waals surface area contributed by atoms with Crippen molar-refractivity contribution < 1.29 is 14.3 Å². The highest BCUT2D eigenvalue weighted by molar-refractivity contribution is 7.15. The second-order valence-electron chi connectivity index (χ2n) is 9.36. The Morgan fingerprint density at radius 3 is 2.67 bits per heavy atom. The Kier molecular flexibility index (Phi) is 9.58. The topological polar surface area (TPSA) is 112 Å². The van der Waals surface area contributed by atoms with Crippen LogP contribution in [-0.2, 0) is 10.2 Å². The molecule has 11 heteroatoms. The smallest absolute Gasteiger partial charge is 0.303 e. The summed E-state index contributed by atoms with van der Waals surface area (Å²) < 4.78 is 15.7. The van der Waals surface area contributed by atoms with Gasteiger partial charge in [0.2, 0.25) is 5.95 Å². The summed E-state index contributed by atoms with van der Waals surface area (Å²) in [6.07, 6.45) is 3.89. The maximum Gasteiger partial charge on any atom is 0.303 e. The van der Waals surface area contributed by atoms with Crippen LogP contribution in [-0.4, -0.2) is 39.1 Å². The van der Waals surface area contributed by atoms with Gasteiger partial charge in [-0.1, -0.05) is 39.3 Å². The van der Waals surface area contributed by atoms with Gasteiger partial charge in [-0.25, -0.2) is 24.8 Å². The molecule has 0 aliphatic rings. The Bertz CT molecular complexity index is 1200. The molecule has 0 fully saturated rings. The third kappa shape index (κ3) is 7.35. The number of nitrogens with zero attached hydrogens (tertiary/aromatic N) is 3. The monoisotopic (exact) mass is 534 g/mol. The van der Waals surface area contributed by atoms with E-state index < -0.39 is 11.8 Å². The number of thiazole rings is 1. The highest BCUT2D eigenvalue weighted by atomic mass is 35.5. The summed E-state index contributed by atoms with van der Waals surface area (Å²) in [5, 5.41) is 13.1. The van der Waals surface area contributed by atoms with Crippen molar-refractivity contribution >= 4 is 40.5 Å². The first-order valence-electron chi connectivity index (χ1n) is 11.9. The van der Waals surface area contributed by atoms with Crippen LogP contribution in [0.25, 0.3) is 21.8 Å². The van der Waals surface area contributed by atoms with Crippen LogP contribution < -0.4 is 16.2 Å². The fraction of sp³-hybridized carbons (Fsp3) is 0.440. The molecule has 0 spiro atoms. The van der Waals surface area contributed by atoms with Gasteiger partial charge in [-0.3, -0.25) is 4.79 Å². The van der Waals surface area contributed by atoms with Gasteiger partial charge in [0.25, 0.3) is 0 Å². The molecule has 0 saturated heterocycles. The molecule has 3 rings (SSSR count). The van der Waals surface area contributed by atoms with Gasteiger partial charge in [0.05, 0.1) is 27.0 Å². The van der Waals surface area contributed by atoms with E-state index in [0.29, 0.717) is 53.2 Å². The molecule has 0 aliphatic heterocycles. The number of halogens is 2. The van der Waals surface area contributed by atoms with Crippen LogP contribution in [0.1, 0.15) is 58.4 Å². The van der Waals surface area contributed by atoms with Gasteiger partial charge < -0.3 is 15.8 Å². The Morgan fingerprint density at radius 2 is 1.97 bits per heavy atom. The number of carboxylic acids is 1. The van der Waals surface area contributed by atoms with Crippen molar-refractivity contribution in [1.29, 1.82) is 0 Å². The molecular weight excluding hydrogens is 503 g/mol. The second-order valence-corrected chi connectivity index (χ2v) is 10.8. The molecule has 36 heavy (non-hydrogen) atoms. The van der Waals surface area contributed by atoms with Crippen LogP contribution in [0.15, 0.2) is 24.4 Å². The molecule has 0 radical (unpaired) electrons. The number of aromatic nitrogens is 3. The number of hydrogen-bond donors (Lipinski definition) is 4. The van der Waals surface area contributed by atoms with Crippen LogP contribution in [0, 0.1) is 5.82 Å². The van der Waals surface area contributed by atoms with Gasteiger partial charge in [-0.05, 0) is 37.5 Å². The third-order valence-electron chi connectivity index (χ3n) is 5.15. The van der Waals surface area contributed by atoms with Crippen molar-refractivity contribution in [1.82, 2.24) is 20.4 Å². The quantitative estimate of drug-likeness (QED) is 0.157. The summed E-state index contributed by atoms with van der Waals surface area (Å²) in [5.41, 5.74) is 7.24. The lowest BCUT2D eigenvalue weighted by Gasteiger charge is -2.14. The standard InChI is InChI=1S/C25H32ClFN6O2S/c1-5-10-30-33-18-14-15(26)13-16(20(18)27)21-22(36-23(32-21)25(2,3)4)17-9-12-29-24(31-17)28-11-7-6-8-19(34)35/h9,12-14,30,33H,5-8,10-11H2,1-4H3,(H,34,35)(H,28,29,31). The maximum atomic E-state index is 15.7. The van der Waals surface area contributed by atoms with Crippen LogP contribution >= 0.6 is 22.9 Å². The lowest BCUT2D eigenvalue weighted by atomic mass is 9.98. The zero-order valence-electron chi connectivity index (χ0n) is 20.9. The van der Waals surface area contributed by atoms with Gasteiger partial charge in [0.1, 0.15) is 0 Å². The molecule has 0 unspecified atom stereocenters. The molecule has 4 N–H and O–H groups in total. The van der Waals surface area contributed by atoms with Gasteiger partial charge in [-0.2, -0.15) is 0 Å². The molecule has 0 atom stereocenters. The third-order valence-corrected chi connectivity index (χ3v) is 6.87. The summed E-state index contributed by atoms with van der Waals surface area (Å²) in [6, 6.07) is 4.88. The first kappa shape index (κ1) is 27.8. The number of carboxylic acid groups (broad SMARTS) is 1. The van der Waals surface area contributed by atoms with E-state index in [4.69, 9.17) is 21.7 Å². The lowest BCUT2D eigenvalue weighted by Crippen LogP contribution is -2.23. The fourth-order valence-electron chi connectivity index (χ4n) is 3.30. The molecule has 0 aliphatic carbocycles. The van der Waals surface area contributed by atoms with Crippen molar-refractivity contribution in [2.24, 2.45) is 0 Å². The summed E-state index contributed by atoms with van der Waals surface area (Å²) in [5.74, 6) is -0.855. The molecule has 2 heterocycles.